The minimum absolute atomic E-state index is 0.0751. The first kappa shape index (κ1) is 44.8. The summed E-state index contributed by atoms with van der Waals surface area (Å²) >= 11 is -5.21. The van der Waals surface area contributed by atoms with Crippen LogP contribution in [0, 0.1) is 10.8 Å². The van der Waals surface area contributed by atoms with Gasteiger partial charge in [-0.1, -0.05) is 0 Å². The zero-order chi connectivity index (χ0) is 44.1. The molecule has 2 unspecified atom stereocenters. The van der Waals surface area contributed by atoms with Gasteiger partial charge in [0.15, 0.2) is 0 Å². The van der Waals surface area contributed by atoms with Gasteiger partial charge in [0.1, 0.15) is 0 Å². The van der Waals surface area contributed by atoms with Crippen LogP contribution in [0.25, 0.3) is 56.0 Å². The van der Waals surface area contributed by atoms with E-state index >= 15 is 0 Å². The van der Waals surface area contributed by atoms with Gasteiger partial charge in [-0.2, -0.15) is 0 Å². The minimum atomic E-state index is -5.21. The van der Waals surface area contributed by atoms with Gasteiger partial charge in [-0.15, -0.1) is 0 Å². The summed E-state index contributed by atoms with van der Waals surface area (Å²) in [5.74, 6) is -1.81. The van der Waals surface area contributed by atoms with Gasteiger partial charge in [0, 0.05) is 0 Å². The standard InChI is InChI=1S/2C29H31.C2H7Si.2ClH.Zr/c2*1-2-16-29(17-6-3-7-18-29)21-22-19-24-12-9-15-27(28(24)20-22)26-14-8-11-23-10-4-5-13-25(23)26;1-3-2;;;/h2*4-5,8-15,19-20H,2-3,6-7,16-18,21H2,1H3;3H,1-2H3;2*1H;/q;;;;;+2/p-2. The summed E-state index contributed by atoms with van der Waals surface area (Å²) in [7, 11) is 18.8. The average Bonchev–Trinajstić information content (AvgIpc) is 3.88. The molecule has 64 heavy (non-hydrogen) atoms. The van der Waals surface area contributed by atoms with Crippen LogP contribution in [-0.2, 0) is 15.6 Å². The second-order valence-corrected chi connectivity index (χ2v) is 63.8. The van der Waals surface area contributed by atoms with Crippen LogP contribution in [0.2, 0.25) is 13.1 Å². The Bertz CT molecular complexity index is 2560. The summed E-state index contributed by atoms with van der Waals surface area (Å²) in [5.41, 5.74) is 14.7. The summed E-state index contributed by atoms with van der Waals surface area (Å²) in [6.45, 7) is 9.97. The molecule has 0 aliphatic heterocycles. The Morgan fingerprint density at radius 1 is 0.484 bits per heavy atom. The third kappa shape index (κ3) is 7.66. The van der Waals surface area contributed by atoms with E-state index in [1.54, 1.807) is 11.1 Å². The molecule has 10 rings (SSSR count). The molecule has 0 saturated heterocycles. The third-order valence-electron chi connectivity index (χ3n) is 17.2. The third-order valence-corrected chi connectivity index (χ3v) is 69.1. The first-order valence-corrected chi connectivity index (χ1v) is 41.6. The van der Waals surface area contributed by atoms with E-state index in [2.05, 4.69) is 160 Å². The molecule has 6 aromatic rings. The zero-order valence-electron chi connectivity index (χ0n) is 39.0. The second-order valence-electron chi connectivity index (χ2n) is 21.3. The molecule has 2 fully saturated rings. The van der Waals surface area contributed by atoms with Gasteiger partial charge in [-0.05, 0) is 0 Å². The molecule has 4 aliphatic carbocycles. The van der Waals surface area contributed by atoms with Crippen molar-refractivity contribution in [1.29, 1.82) is 0 Å². The first-order valence-electron chi connectivity index (χ1n) is 25.3. The molecule has 4 heteroatoms. The van der Waals surface area contributed by atoms with Gasteiger partial charge in [0.25, 0.3) is 0 Å². The molecule has 331 valence electrons. The van der Waals surface area contributed by atoms with Crippen molar-refractivity contribution < 1.29 is 15.6 Å². The zero-order valence-corrected chi connectivity index (χ0v) is 44.1. The van der Waals surface area contributed by atoms with E-state index in [1.807, 2.05) is 0 Å². The average molecular weight is 980 g/mol. The van der Waals surface area contributed by atoms with Crippen molar-refractivity contribution in [2.24, 2.45) is 10.8 Å². The first-order chi connectivity index (χ1) is 31.1. The fraction of sp³-hybridized carbons (Fsp3) is 0.400. The van der Waals surface area contributed by atoms with Crippen molar-refractivity contribution in [3.05, 3.63) is 155 Å². The van der Waals surface area contributed by atoms with Crippen molar-refractivity contribution in [3.63, 3.8) is 0 Å². The Balaban J connectivity index is 1.22. The van der Waals surface area contributed by atoms with Gasteiger partial charge < -0.3 is 0 Å². The molecule has 0 heterocycles. The van der Waals surface area contributed by atoms with Crippen LogP contribution in [0.5, 0.6) is 0 Å². The molecule has 4 aliphatic rings. The molecular weight excluding hydrogens is 911 g/mol. The number of rotatable bonds is 13. The van der Waals surface area contributed by atoms with Crippen molar-refractivity contribution in [2.75, 3.05) is 0 Å². The summed E-state index contributed by atoms with van der Waals surface area (Å²) in [4.78, 5) is 0. The molecule has 0 aromatic heterocycles. The summed E-state index contributed by atoms with van der Waals surface area (Å²) in [6.07, 6.45) is 25.9. The molecular formula is C60H69Cl2SiZr. The van der Waals surface area contributed by atoms with Gasteiger partial charge >= 0.3 is 397 Å². The van der Waals surface area contributed by atoms with E-state index in [9.17, 15) is 17.0 Å². The molecule has 0 N–H and O–H groups in total. The quantitative estimate of drug-likeness (QED) is 0.101. The van der Waals surface area contributed by atoms with E-state index in [4.69, 9.17) is 0 Å². The number of hydrogen-bond donors (Lipinski definition) is 0. The predicted octanol–water partition coefficient (Wildman–Crippen LogP) is 19.2. The van der Waals surface area contributed by atoms with Crippen molar-refractivity contribution in [2.45, 2.75) is 137 Å². The van der Waals surface area contributed by atoms with Gasteiger partial charge in [-0.3, -0.25) is 0 Å². The molecule has 6 aromatic carbocycles. The summed E-state index contributed by atoms with van der Waals surface area (Å²) in [6, 6.07) is 46.0. The van der Waals surface area contributed by atoms with Crippen molar-refractivity contribution >= 4 is 56.6 Å². The van der Waals surface area contributed by atoms with E-state index < -0.39 is 21.5 Å². The maximum absolute atomic E-state index is 9.41. The molecule has 2 atom stereocenters. The number of benzene rings is 6. The maximum atomic E-state index is 9.41. The number of hydrogen-bond acceptors (Lipinski definition) is 0. The fourth-order valence-corrected chi connectivity index (χ4v) is 45.6. The van der Waals surface area contributed by atoms with Gasteiger partial charge in [0.05, 0.1) is 0 Å². The number of halogens is 2. The Morgan fingerprint density at radius 2 is 0.859 bits per heavy atom. The van der Waals surface area contributed by atoms with Crippen LogP contribution in [0.4, 0.5) is 0 Å². The van der Waals surface area contributed by atoms with E-state index in [0.29, 0.717) is 10.8 Å². The number of allylic oxidation sites excluding steroid dienone is 2. The molecule has 0 spiro atoms. The topological polar surface area (TPSA) is 0 Å². The summed E-state index contributed by atoms with van der Waals surface area (Å²) < 4.78 is 0.150. The SMILES string of the molecule is CCCC1(CC2=Cc3c(-c4cccc5ccccc45)cccc3[CH]2[Zr]([Cl])([Cl])([CH]2C(CC3(CCC)CCCCC3)=Cc3c(-c4cccc5ccccc45)cccc32)[SiH](C)C)CCCCC1. The molecule has 0 nitrogen and oxygen atoms in total. The summed E-state index contributed by atoms with van der Waals surface area (Å²) in [5, 5.41) is 5.21. The van der Waals surface area contributed by atoms with Crippen LogP contribution in [-0.4, -0.2) is 5.92 Å². The molecule has 0 radical (unpaired) electrons. The van der Waals surface area contributed by atoms with Crippen LogP contribution >= 0.6 is 17.0 Å². The van der Waals surface area contributed by atoms with E-state index in [1.165, 1.54) is 156 Å². The van der Waals surface area contributed by atoms with Gasteiger partial charge in [0.2, 0.25) is 0 Å². The van der Waals surface area contributed by atoms with Crippen LogP contribution in [0.3, 0.4) is 0 Å². The fourth-order valence-electron chi connectivity index (χ4n) is 14.3. The number of fused-ring (bicyclic) bond motifs is 4. The Labute approximate surface area is 393 Å². The second kappa shape index (κ2) is 17.9. The van der Waals surface area contributed by atoms with Crippen molar-refractivity contribution in [3.8, 4) is 22.3 Å². The molecule has 0 bridgehead atoms. The van der Waals surface area contributed by atoms with E-state index in [-0.39, 0.29) is 7.25 Å². The van der Waals surface area contributed by atoms with Crippen LogP contribution < -0.4 is 0 Å². The Hall–Kier alpha value is -3.00. The molecule has 2 saturated carbocycles. The predicted molar refractivity (Wildman–Crippen MR) is 281 cm³/mol. The van der Waals surface area contributed by atoms with Gasteiger partial charge in [-0.25, -0.2) is 0 Å². The van der Waals surface area contributed by atoms with Crippen molar-refractivity contribution in [1.82, 2.24) is 0 Å². The monoisotopic (exact) mass is 977 g/mol. The Kier molecular flexibility index (Phi) is 12.5. The normalized spacial score (nSPS) is 21.0. The van der Waals surface area contributed by atoms with E-state index in [0.717, 1.165) is 12.8 Å². The van der Waals surface area contributed by atoms with Crippen LogP contribution in [0.1, 0.15) is 146 Å². The Morgan fingerprint density at radius 3 is 1.27 bits per heavy atom. The molecule has 0 amide bonds. The van der Waals surface area contributed by atoms with Crippen LogP contribution in [0.15, 0.2) is 132 Å².